The molecule has 0 atom stereocenters. The molecule has 0 unspecified atom stereocenters. The van der Waals surface area contributed by atoms with Crippen molar-refractivity contribution in [2.45, 2.75) is 0 Å². The van der Waals surface area contributed by atoms with Crippen molar-refractivity contribution in [1.82, 2.24) is 29.0 Å². The summed E-state index contributed by atoms with van der Waals surface area (Å²) in [6.45, 7) is 3.72. The fourth-order valence-corrected chi connectivity index (χ4v) is 4.83. The SMILES string of the molecule is CN1CCN(c2ccc(Nc3ncc4c(=O)n(-c5c(F)cccc5F)n5ccnc5c4n3)cc2Cl)CC1. The van der Waals surface area contributed by atoms with Crippen LogP contribution in [0.5, 0.6) is 0 Å². The van der Waals surface area contributed by atoms with E-state index in [2.05, 4.69) is 37.1 Å². The number of benzene rings is 2. The van der Waals surface area contributed by atoms with Gasteiger partial charge in [-0.05, 0) is 37.4 Å². The van der Waals surface area contributed by atoms with E-state index in [1.54, 1.807) is 6.07 Å². The summed E-state index contributed by atoms with van der Waals surface area (Å²) in [6, 6.07) is 9.04. The summed E-state index contributed by atoms with van der Waals surface area (Å²) in [5, 5.41) is 3.78. The zero-order valence-corrected chi connectivity index (χ0v) is 20.5. The van der Waals surface area contributed by atoms with Gasteiger partial charge in [-0.25, -0.2) is 32.9 Å². The molecule has 1 aliphatic heterocycles. The Kier molecular flexibility index (Phi) is 5.73. The standard InChI is InChI=1S/C25H21ClF2N8O/c1-33-9-11-34(12-10-33)20-6-5-15(13-17(20)26)31-25-30-14-16-21(32-25)23-29-7-8-35(23)36(24(16)37)22-18(27)3-2-4-19(22)28/h2-8,13-14H,9-12H2,1H3,(H,30,31,32). The fourth-order valence-electron chi connectivity index (χ4n) is 4.53. The number of nitrogens with one attached hydrogen (secondary N) is 1. The van der Waals surface area contributed by atoms with Crippen LogP contribution in [0.4, 0.5) is 26.1 Å². The average molecular weight is 523 g/mol. The predicted molar refractivity (Wildman–Crippen MR) is 138 cm³/mol. The van der Waals surface area contributed by atoms with Crippen molar-refractivity contribution >= 4 is 45.5 Å². The van der Waals surface area contributed by atoms with Crippen molar-refractivity contribution in [1.29, 1.82) is 0 Å². The topological polar surface area (TPSA) is 83.6 Å². The van der Waals surface area contributed by atoms with Gasteiger partial charge >= 0.3 is 0 Å². The monoisotopic (exact) mass is 522 g/mol. The summed E-state index contributed by atoms with van der Waals surface area (Å²) in [5.41, 5.74) is 0.917. The minimum atomic E-state index is -0.882. The highest BCUT2D eigenvalue weighted by Gasteiger charge is 2.21. The maximum absolute atomic E-state index is 14.6. The molecule has 2 aromatic carbocycles. The van der Waals surface area contributed by atoms with Gasteiger partial charge in [0.15, 0.2) is 17.3 Å². The minimum Gasteiger partial charge on any atom is -0.368 e. The van der Waals surface area contributed by atoms with E-state index >= 15 is 0 Å². The summed E-state index contributed by atoms with van der Waals surface area (Å²) >= 11 is 6.59. The Balaban J connectivity index is 1.38. The molecule has 0 amide bonds. The Morgan fingerprint density at radius 2 is 1.78 bits per heavy atom. The molecular weight excluding hydrogens is 502 g/mol. The Hall–Kier alpha value is -4.09. The van der Waals surface area contributed by atoms with Gasteiger partial charge < -0.3 is 15.1 Å². The van der Waals surface area contributed by atoms with Gasteiger partial charge in [-0.15, -0.1) is 0 Å². The number of fused-ring (bicyclic) bond motifs is 3. The number of piperazine rings is 1. The number of hydrogen-bond acceptors (Lipinski definition) is 7. The molecule has 0 aliphatic carbocycles. The lowest BCUT2D eigenvalue weighted by atomic mass is 10.2. The number of halogens is 3. The molecule has 0 saturated carbocycles. The molecule has 0 radical (unpaired) electrons. The van der Waals surface area contributed by atoms with E-state index < -0.39 is 22.9 Å². The number of anilines is 3. The number of rotatable bonds is 4. The Labute approximate surface area is 214 Å². The third-order valence-corrected chi connectivity index (χ3v) is 6.76. The molecule has 4 heterocycles. The fraction of sp³-hybridized carbons (Fsp3) is 0.200. The lowest BCUT2D eigenvalue weighted by Gasteiger charge is -2.34. The molecule has 3 aromatic heterocycles. The predicted octanol–water partition coefficient (Wildman–Crippen LogP) is 3.86. The third kappa shape index (κ3) is 4.05. The minimum absolute atomic E-state index is 0.0651. The first kappa shape index (κ1) is 23.3. The van der Waals surface area contributed by atoms with Crippen LogP contribution in [0, 0.1) is 11.6 Å². The van der Waals surface area contributed by atoms with Crippen LogP contribution in [0.1, 0.15) is 0 Å². The van der Waals surface area contributed by atoms with Crippen molar-refractivity contribution in [3.05, 3.63) is 82.0 Å². The van der Waals surface area contributed by atoms with Crippen molar-refractivity contribution in [2.75, 3.05) is 43.4 Å². The van der Waals surface area contributed by atoms with Crippen LogP contribution in [-0.4, -0.2) is 62.3 Å². The molecule has 12 heteroatoms. The molecule has 6 rings (SSSR count). The Bertz CT molecular complexity index is 1690. The van der Waals surface area contributed by atoms with Gasteiger partial charge in [-0.1, -0.05) is 17.7 Å². The molecule has 188 valence electrons. The van der Waals surface area contributed by atoms with Crippen LogP contribution in [0.3, 0.4) is 0 Å². The lowest BCUT2D eigenvalue weighted by molar-refractivity contribution is 0.313. The highest BCUT2D eigenvalue weighted by Crippen LogP contribution is 2.30. The molecule has 0 bridgehead atoms. The number of nitrogens with zero attached hydrogens (tertiary/aromatic N) is 7. The van der Waals surface area contributed by atoms with Crippen LogP contribution in [0.15, 0.2) is 59.8 Å². The van der Waals surface area contributed by atoms with Crippen molar-refractivity contribution in [3.8, 4) is 5.69 Å². The van der Waals surface area contributed by atoms with Crippen molar-refractivity contribution in [3.63, 3.8) is 0 Å². The molecule has 5 aromatic rings. The smallest absolute Gasteiger partial charge is 0.281 e. The maximum atomic E-state index is 14.6. The first-order valence-electron chi connectivity index (χ1n) is 11.6. The first-order valence-corrected chi connectivity index (χ1v) is 12.0. The van der Waals surface area contributed by atoms with E-state index in [-0.39, 0.29) is 22.5 Å². The lowest BCUT2D eigenvalue weighted by Crippen LogP contribution is -2.44. The van der Waals surface area contributed by atoms with Crippen LogP contribution < -0.4 is 15.8 Å². The summed E-state index contributed by atoms with van der Waals surface area (Å²) < 4.78 is 31.3. The first-order chi connectivity index (χ1) is 17.9. The quantitative estimate of drug-likeness (QED) is 0.384. The second-order valence-electron chi connectivity index (χ2n) is 8.82. The second-order valence-corrected chi connectivity index (χ2v) is 9.23. The number of aromatic nitrogens is 5. The van der Waals surface area contributed by atoms with E-state index in [0.29, 0.717) is 10.7 Å². The third-order valence-electron chi connectivity index (χ3n) is 6.46. The van der Waals surface area contributed by atoms with E-state index in [1.807, 2.05) is 12.1 Å². The van der Waals surface area contributed by atoms with Crippen molar-refractivity contribution in [2.24, 2.45) is 0 Å². The van der Waals surface area contributed by atoms with Gasteiger partial charge in [-0.2, -0.15) is 0 Å². The highest BCUT2D eigenvalue weighted by atomic mass is 35.5. The van der Waals surface area contributed by atoms with Crippen LogP contribution >= 0.6 is 11.6 Å². The number of imidazole rings is 1. The van der Waals surface area contributed by atoms with Gasteiger partial charge in [0, 0.05) is 50.5 Å². The summed E-state index contributed by atoms with van der Waals surface area (Å²) in [4.78, 5) is 30.9. The molecule has 37 heavy (non-hydrogen) atoms. The van der Waals surface area contributed by atoms with Crippen LogP contribution in [0.2, 0.25) is 5.02 Å². The Morgan fingerprint density at radius 3 is 2.51 bits per heavy atom. The van der Waals surface area contributed by atoms with Crippen LogP contribution in [0.25, 0.3) is 22.2 Å². The van der Waals surface area contributed by atoms with E-state index in [0.717, 1.165) is 48.7 Å². The molecule has 9 nitrogen and oxygen atoms in total. The van der Waals surface area contributed by atoms with Gasteiger partial charge in [0.1, 0.15) is 11.2 Å². The average Bonchev–Trinajstić information content (AvgIpc) is 3.36. The molecule has 0 spiro atoms. The summed E-state index contributed by atoms with van der Waals surface area (Å²) in [7, 11) is 2.10. The van der Waals surface area contributed by atoms with Crippen molar-refractivity contribution < 1.29 is 8.78 Å². The zero-order chi connectivity index (χ0) is 25.7. The zero-order valence-electron chi connectivity index (χ0n) is 19.7. The van der Waals surface area contributed by atoms with E-state index in [9.17, 15) is 13.6 Å². The molecule has 1 fully saturated rings. The number of para-hydroxylation sites is 1. The van der Waals surface area contributed by atoms with Gasteiger partial charge in [0.2, 0.25) is 5.95 Å². The number of likely N-dealkylation sites (N-methyl/N-ethyl adjacent to an activating group) is 1. The summed E-state index contributed by atoms with van der Waals surface area (Å²) in [5.74, 6) is -1.55. The molecule has 1 saturated heterocycles. The van der Waals surface area contributed by atoms with Gasteiger partial charge in [0.25, 0.3) is 5.56 Å². The molecule has 1 N–H and O–H groups in total. The van der Waals surface area contributed by atoms with E-state index in [4.69, 9.17) is 11.6 Å². The maximum Gasteiger partial charge on any atom is 0.281 e. The molecule has 1 aliphatic rings. The number of hydrogen-bond donors (Lipinski definition) is 1. The van der Waals surface area contributed by atoms with E-state index in [1.165, 1.54) is 29.2 Å². The Morgan fingerprint density at radius 1 is 1.03 bits per heavy atom. The largest absolute Gasteiger partial charge is 0.368 e. The van der Waals surface area contributed by atoms with Gasteiger partial charge in [-0.3, -0.25) is 4.79 Å². The molecular formula is C25H21ClF2N8O. The second kappa shape index (κ2) is 9.09. The van der Waals surface area contributed by atoms with Gasteiger partial charge in [0.05, 0.1) is 16.1 Å². The summed E-state index contributed by atoms with van der Waals surface area (Å²) in [6.07, 6.45) is 4.18. The normalized spacial score (nSPS) is 14.5. The van der Waals surface area contributed by atoms with Crippen LogP contribution in [-0.2, 0) is 0 Å². The highest BCUT2D eigenvalue weighted by molar-refractivity contribution is 6.33.